The van der Waals surface area contributed by atoms with Crippen LogP contribution in [-0.4, -0.2) is 18.0 Å². The first kappa shape index (κ1) is 13.5. The summed E-state index contributed by atoms with van der Waals surface area (Å²) in [4.78, 5) is 16.2. The van der Waals surface area contributed by atoms with Crippen molar-refractivity contribution < 1.29 is 9.53 Å². The van der Waals surface area contributed by atoms with Crippen LogP contribution in [0, 0.1) is 6.92 Å². The van der Waals surface area contributed by atoms with Crippen molar-refractivity contribution in [2.45, 2.75) is 19.8 Å². The maximum absolute atomic E-state index is 11.8. The molecule has 19 heavy (non-hydrogen) atoms. The first-order chi connectivity index (χ1) is 9.17. The average Bonchev–Trinajstić information content (AvgIpc) is 2.82. The maximum Gasteiger partial charge on any atom is 0.224 e. The number of nitrogens with one attached hydrogen (secondary N) is 1. The summed E-state index contributed by atoms with van der Waals surface area (Å²) in [7, 11) is 1.60. The third kappa shape index (κ3) is 4.06. The number of carbonyl (C=O) groups is 1. The van der Waals surface area contributed by atoms with Crippen molar-refractivity contribution in [2.24, 2.45) is 0 Å². The highest BCUT2D eigenvalue weighted by atomic mass is 32.1. The molecule has 1 heterocycles. The topological polar surface area (TPSA) is 51.2 Å². The number of anilines is 1. The lowest BCUT2D eigenvalue weighted by Crippen LogP contribution is -2.12. The summed E-state index contributed by atoms with van der Waals surface area (Å²) in [6, 6.07) is 7.33. The van der Waals surface area contributed by atoms with Crippen molar-refractivity contribution >= 4 is 22.9 Å². The number of ether oxygens (including phenoxy) is 1. The molecular weight excluding hydrogens is 260 g/mol. The van der Waals surface area contributed by atoms with Crippen LogP contribution in [0.2, 0.25) is 0 Å². The quantitative estimate of drug-likeness (QED) is 0.913. The van der Waals surface area contributed by atoms with Gasteiger partial charge in [-0.25, -0.2) is 4.98 Å². The van der Waals surface area contributed by atoms with Crippen LogP contribution in [0.15, 0.2) is 29.6 Å². The molecule has 1 aromatic carbocycles. The van der Waals surface area contributed by atoms with E-state index >= 15 is 0 Å². The summed E-state index contributed by atoms with van der Waals surface area (Å²) in [5.41, 5.74) is 1.76. The second-order valence-corrected chi connectivity index (χ2v) is 5.11. The molecule has 5 heteroatoms. The number of methoxy groups -OCH3 is 1. The average molecular weight is 276 g/mol. The highest BCUT2D eigenvalue weighted by molar-refractivity contribution is 7.09. The Kier molecular flexibility index (Phi) is 4.52. The number of carbonyl (C=O) groups excluding carboxylic acids is 1. The SMILES string of the molecule is COc1cccc(NC(=O)CCc2nc(C)cs2)c1. The molecule has 0 aliphatic heterocycles. The Morgan fingerprint density at radius 2 is 2.32 bits per heavy atom. The Hall–Kier alpha value is -1.88. The first-order valence-corrected chi connectivity index (χ1v) is 6.90. The molecule has 0 unspecified atom stereocenters. The van der Waals surface area contributed by atoms with Gasteiger partial charge in [-0.15, -0.1) is 11.3 Å². The molecule has 2 rings (SSSR count). The lowest BCUT2D eigenvalue weighted by atomic mass is 10.2. The number of nitrogens with zero attached hydrogens (tertiary/aromatic N) is 1. The Morgan fingerprint density at radius 3 is 3.00 bits per heavy atom. The summed E-state index contributed by atoms with van der Waals surface area (Å²) in [5.74, 6) is 0.717. The van der Waals surface area contributed by atoms with Gasteiger partial charge in [0.2, 0.25) is 5.91 Å². The fraction of sp³-hybridized carbons (Fsp3) is 0.286. The van der Waals surface area contributed by atoms with Gasteiger partial charge in [-0.05, 0) is 19.1 Å². The van der Waals surface area contributed by atoms with Crippen molar-refractivity contribution in [2.75, 3.05) is 12.4 Å². The zero-order valence-corrected chi connectivity index (χ0v) is 11.8. The van der Waals surface area contributed by atoms with Crippen molar-refractivity contribution in [1.82, 2.24) is 4.98 Å². The van der Waals surface area contributed by atoms with E-state index in [1.165, 1.54) is 0 Å². The third-order valence-corrected chi connectivity index (χ3v) is 3.61. The fourth-order valence-corrected chi connectivity index (χ4v) is 2.44. The standard InChI is InChI=1S/C14H16N2O2S/c1-10-9-19-14(15-10)7-6-13(17)16-11-4-3-5-12(8-11)18-2/h3-5,8-9H,6-7H2,1-2H3,(H,16,17). The molecule has 2 aromatic rings. The van der Waals surface area contributed by atoms with E-state index in [-0.39, 0.29) is 5.91 Å². The van der Waals surface area contributed by atoms with Gasteiger partial charge in [0.15, 0.2) is 0 Å². The van der Waals surface area contributed by atoms with E-state index in [4.69, 9.17) is 4.74 Å². The Labute approximate surface area is 116 Å². The minimum absolute atomic E-state index is 0.0129. The number of aromatic nitrogens is 1. The van der Waals surface area contributed by atoms with E-state index in [0.717, 1.165) is 22.1 Å². The van der Waals surface area contributed by atoms with Crippen LogP contribution in [0.25, 0.3) is 0 Å². The molecule has 0 saturated heterocycles. The minimum atomic E-state index is -0.0129. The predicted molar refractivity (Wildman–Crippen MR) is 76.8 cm³/mol. The summed E-state index contributed by atoms with van der Waals surface area (Å²) < 4.78 is 5.11. The second-order valence-electron chi connectivity index (χ2n) is 4.16. The predicted octanol–water partition coefficient (Wildman–Crippen LogP) is 3.03. The summed E-state index contributed by atoms with van der Waals surface area (Å²) >= 11 is 1.59. The van der Waals surface area contributed by atoms with Gasteiger partial charge in [-0.2, -0.15) is 0 Å². The third-order valence-electron chi connectivity index (χ3n) is 2.59. The normalized spacial score (nSPS) is 10.2. The number of benzene rings is 1. The zero-order chi connectivity index (χ0) is 13.7. The molecule has 0 aliphatic carbocycles. The molecule has 1 N–H and O–H groups in total. The van der Waals surface area contributed by atoms with Crippen LogP contribution in [0.3, 0.4) is 0 Å². The summed E-state index contributed by atoms with van der Waals surface area (Å²) in [5, 5.41) is 5.85. The van der Waals surface area contributed by atoms with Gasteiger partial charge in [0.1, 0.15) is 5.75 Å². The van der Waals surface area contributed by atoms with E-state index in [1.54, 1.807) is 24.5 Å². The van der Waals surface area contributed by atoms with Gasteiger partial charge in [0.05, 0.1) is 12.1 Å². The minimum Gasteiger partial charge on any atom is -0.497 e. The van der Waals surface area contributed by atoms with Gasteiger partial charge in [-0.3, -0.25) is 4.79 Å². The number of aryl methyl sites for hydroxylation is 2. The number of rotatable bonds is 5. The molecule has 0 saturated carbocycles. The van der Waals surface area contributed by atoms with Crippen LogP contribution in [0.4, 0.5) is 5.69 Å². The van der Waals surface area contributed by atoms with Crippen LogP contribution in [0.1, 0.15) is 17.1 Å². The van der Waals surface area contributed by atoms with E-state index < -0.39 is 0 Å². The van der Waals surface area contributed by atoms with Crippen molar-refractivity contribution in [3.8, 4) is 5.75 Å². The van der Waals surface area contributed by atoms with Crippen LogP contribution in [0.5, 0.6) is 5.75 Å². The monoisotopic (exact) mass is 276 g/mol. The largest absolute Gasteiger partial charge is 0.497 e. The van der Waals surface area contributed by atoms with Crippen LogP contribution < -0.4 is 10.1 Å². The molecule has 100 valence electrons. The fourth-order valence-electron chi connectivity index (χ4n) is 1.66. The summed E-state index contributed by atoms with van der Waals surface area (Å²) in [6.07, 6.45) is 1.11. The molecule has 1 aromatic heterocycles. The second kappa shape index (κ2) is 6.33. The van der Waals surface area contributed by atoms with E-state index in [2.05, 4.69) is 10.3 Å². The van der Waals surface area contributed by atoms with Gasteiger partial charge in [-0.1, -0.05) is 6.07 Å². The molecule has 0 bridgehead atoms. The van der Waals surface area contributed by atoms with Crippen molar-refractivity contribution in [1.29, 1.82) is 0 Å². The lowest BCUT2D eigenvalue weighted by molar-refractivity contribution is -0.116. The molecule has 1 amide bonds. The van der Waals surface area contributed by atoms with Gasteiger partial charge >= 0.3 is 0 Å². The highest BCUT2D eigenvalue weighted by Crippen LogP contribution is 2.17. The molecule has 0 atom stereocenters. The number of hydrogen-bond donors (Lipinski definition) is 1. The number of thiazole rings is 1. The smallest absolute Gasteiger partial charge is 0.224 e. The molecule has 0 aliphatic rings. The lowest BCUT2D eigenvalue weighted by Gasteiger charge is -2.06. The molecular formula is C14H16N2O2S. The van der Waals surface area contributed by atoms with Gasteiger partial charge in [0, 0.05) is 35.7 Å². The molecule has 4 nitrogen and oxygen atoms in total. The zero-order valence-electron chi connectivity index (χ0n) is 11.0. The molecule has 0 spiro atoms. The van der Waals surface area contributed by atoms with Crippen LogP contribution >= 0.6 is 11.3 Å². The Balaban J connectivity index is 1.86. The molecule has 0 radical (unpaired) electrons. The summed E-state index contributed by atoms with van der Waals surface area (Å²) in [6.45, 7) is 1.95. The maximum atomic E-state index is 11.8. The Morgan fingerprint density at radius 1 is 1.47 bits per heavy atom. The molecule has 0 fully saturated rings. The van der Waals surface area contributed by atoms with E-state index in [0.29, 0.717) is 12.8 Å². The highest BCUT2D eigenvalue weighted by Gasteiger charge is 2.06. The van der Waals surface area contributed by atoms with E-state index in [9.17, 15) is 4.79 Å². The van der Waals surface area contributed by atoms with E-state index in [1.807, 2.05) is 30.5 Å². The number of hydrogen-bond acceptors (Lipinski definition) is 4. The Bertz CT molecular complexity index is 566. The number of amides is 1. The van der Waals surface area contributed by atoms with Crippen molar-refractivity contribution in [3.05, 3.63) is 40.3 Å². The van der Waals surface area contributed by atoms with Gasteiger partial charge in [0.25, 0.3) is 0 Å². The first-order valence-electron chi connectivity index (χ1n) is 6.02. The van der Waals surface area contributed by atoms with Gasteiger partial charge < -0.3 is 10.1 Å². The van der Waals surface area contributed by atoms with Crippen molar-refractivity contribution in [3.63, 3.8) is 0 Å². The van der Waals surface area contributed by atoms with Crippen LogP contribution in [-0.2, 0) is 11.2 Å².